The van der Waals surface area contributed by atoms with E-state index in [-0.39, 0.29) is 85.7 Å². The van der Waals surface area contributed by atoms with Gasteiger partial charge in [-0.2, -0.15) is 0 Å². The molecular weight excluding hydrogens is 914 g/mol. The highest BCUT2D eigenvalue weighted by Crippen LogP contribution is 2.44. The Kier molecular flexibility index (Phi) is 11.2. The summed E-state index contributed by atoms with van der Waals surface area (Å²) in [6, 6.07) is 13.6. The van der Waals surface area contributed by atoms with Gasteiger partial charge in [0.25, 0.3) is 18.2 Å². The lowest BCUT2D eigenvalue weighted by Gasteiger charge is -2.61. The van der Waals surface area contributed by atoms with Gasteiger partial charge in [-0.25, -0.2) is 23.1 Å². The number of hydrogen-bond donors (Lipinski definition) is 4. The van der Waals surface area contributed by atoms with Crippen LogP contribution in [0.25, 0.3) is 11.1 Å². The number of thiazole rings is 1. The van der Waals surface area contributed by atoms with Gasteiger partial charge in [0.1, 0.15) is 11.9 Å². The highest BCUT2D eigenvalue weighted by Gasteiger charge is 2.54. The van der Waals surface area contributed by atoms with E-state index in [0.717, 1.165) is 49.4 Å². The lowest BCUT2D eigenvalue weighted by atomic mass is 9.72. The highest BCUT2D eigenvalue weighted by molar-refractivity contribution is 7.13. The number of alkyl halides is 2. The summed E-state index contributed by atoms with van der Waals surface area (Å²) in [5, 5.41) is 21.7. The van der Waals surface area contributed by atoms with Crippen molar-refractivity contribution in [3.63, 3.8) is 0 Å². The molecule has 4 N–H and O–H groups in total. The van der Waals surface area contributed by atoms with Crippen LogP contribution < -0.4 is 25.8 Å². The maximum atomic E-state index is 16.0. The molecule has 358 valence electrons. The first-order chi connectivity index (χ1) is 33.2. The Morgan fingerprint density at radius 2 is 1.71 bits per heavy atom. The molecule has 3 aromatic carbocycles. The van der Waals surface area contributed by atoms with Gasteiger partial charge in [0.2, 0.25) is 17.7 Å². The second kappa shape index (κ2) is 17.3. The molecule has 6 aliphatic heterocycles. The number of aryl methyl sites for hydroxylation is 1. The fourth-order valence-electron chi connectivity index (χ4n) is 11.0. The van der Waals surface area contributed by atoms with Gasteiger partial charge in [-0.3, -0.25) is 34.6 Å². The van der Waals surface area contributed by atoms with E-state index in [4.69, 9.17) is 0 Å². The highest BCUT2D eigenvalue weighted by atomic mass is 32.1. The number of piperidine rings is 2. The Labute approximate surface area is 398 Å². The van der Waals surface area contributed by atoms with Crippen molar-refractivity contribution in [1.29, 1.82) is 0 Å². The van der Waals surface area contributed by atoms with Gasteiger partial charge in [0.05, 0.1) is 30.6 Å². The Bertz CT molecular complexity index is 2870. The summed E-state index contributed by atoms with van der Waals surface area (Å²) in [5.74, 6) is -2.44. The number of likely N-dealkylation sites (tertiary alicyclic amines) is 1. The number of nitrogens with zero attached hydrogens (tertiary/aromatic N) is 7. The molecule has 0 aliphatic carbocycles. The van der Waals surface area contributed by atoms with Crippen molar-refractivity contribution >= 4 is 63.1 Å². The molecule has 5 aromatic rings. The van der Waals surface area contributed by atoms with Crippen molar-refractivity contribution < 1.29 is 42.3 Å². The van der Waals surface area contributed by atoms with Crippen LogP contribution in [0.2, 0.25) is 0 Å². The lowest BCUT2D eigenvalue weighted by molar-refractivity contribution is -0.151. The molecule has 20 heteroatoms. The number of nitrogens with one attached hydrogen (secondary N) is 3. The number of carbonyl (C=O) groups is 5. The first kappa shape index (κ1) is 44.7. The van der Waals surface area contributed by atoms with Crippen LogP contribution in [-0.2, 0) is 38.7 Å². The van der Waals surface area contributed by atoms with Gasteiger partial charge in [0.15, 0.2) is 11.2 Å². The van der Waals surface area contributed by atoms with E-state index in [0.29, 0.717) is 40.9 Å². The summed E-state index contributed by atoms with van der Waals surface area (Å²) in [4.78, 5) is 81.1. The van der Waals surface area contributed by atoms with E-state index >= 15 is 4.39 Å². The van der Waals surface area contributed by atoms with Crippen LogP contribution in [0.15, 0.2) is 72.5 Å². The first-order valence-corrected chi connectivity index (χ1v) is 24.1. The van der Waals surface area contributed by atoms with Crippen LogP contribution in [0.3, 0.4) is 0 Å². The molecule has 69 heavy (non-hydrogen) atoms. The quantitative estimate of drug-likeness (QED) is 0.113. The number of rotatable bonds is 12. The van der Waals surface area contributed by atoms with E-state index in [9.17, 15) is 37.9 Å². The Morgan fingerprint density at radius 1 is 0.928 bits per heavy atom. The molecule has 0 saturated carbocycles. The number of halogens is 3. The molecule has 4 saturated heterocycles. The number of amides is 5. The molecule has 0 radical (unpaired) electrons. The van der Waals surface area contributed by atoms with Gasteiger partial charge in [0, 0.05) is 109 Å². The van der Waals surface area contributed by atoms with E-state index in [1.807, 2.05) is 28.8 Å². The minimum Gasteiger partial charge on any atom is -0.389 e. The SMILES string of the molecule is O=C1CCC(Nc2ccc(N3CCC(O)(CC(=O)N4CC5(C4)CN(c4ccc(-c6cc(F)c7c(c6)C(=O)N(C(C(=O)Nc6nccs6)c6ncn8c6CCC8)C7)cc4)C5)CC3)c(C(F)F)c2)C(=O)N1. The third-order valence-electron chi connectivity index (χ3n) is 14.7. The van der Waals surface area contributed by atoms with E-state index in [2.05, 4.69) is 30.8 Å². The van der Waals surface area contributed by atoms with Crippen LogP contribution in [0.1, 0.15) is 83.9 Å². The predicted octanol–water partition coefficient (Wildman–Crippen LogP) is 5.65. The molecule has 1 spiro atoms. The Balaban J connectivity index is 0.680. The molecule has 16 nitrogen and oxygen atoms in total. The molecule has 5 amide bonds. The van der Waals surface area contributed by atoms with Gasteiger partial charge in [-0.1, -0.05) is 12.1 Å². The standard InChI is InChI=1S/C49H49F3N10O6S/c50-35-19-29(18-32-34(35)22-62(46(32)67)42(45(66)57-47-53-13-17-69-47)41-38-2-1-14-59(38)27-54-41)28-3-6-31(7-4-28)60-23-48(24-60)25-61(26-48)40(64)21-49(68)11-15-58(16-12-49)37-9-5-30(20-33(37)43(51)52)55-36-8-10-39(63)56-44(36)65/h3-7,9,13,17-20,27,36,42-43,55,68H,1-2,8,10-12,14-16,21-26H2,(H,53,57,66)(H,56,63,65). The molecule has 2 unspecified atom stereocenters. The monoisotopic (exact) mass is 962 g/mol. The molecule has 11 rings (SSSR count). The average Bonchev–Trinajstić information content (AvgIpc) is 4.12. The zero-order valence-corrected chi connectivity index (χ0v) is 38.2. The average molecular weight is 963 g/mol. The largest absolute Gasteiger partial charge is 0.389 e. The summed E-state index contributed by atoms with van der Waals surface area (Å²) in [6.07, 6.45) is 2.93. The van der Waals surface area contributed by atoms with Crippen molar-refractivity contribution in [2.24, 2.45) is 5.41 Å². The van der Waals surface area contributed by atoms with Gasteiger partial charge in [-0.05, 0) is 85.7 Å². The van der Waals surface area contributed by atoms with Crippen LogP contribution in [0, 0.1) is 11.2 Å². The molecule has 0 bridgehead atoms. The molecule has 2 atom stereocenters. The molecule has 2 aromatic heterocycles. The minimum absolute atomic E-state index is 0.0545. The van der Waals surface area contributed by atoms with Crippen molar-refractivity contribution in [3.8, 4) is 11.1 Å². The molecule has 8 heterocycles. The van der Waals surface area contributed by atoms with E-state index < -0.39 is 47.6 Å². The third-order valence-corrected chi connectivity index (χ3v) is 15.4. The lowest BCUT2D eigenvalue weighted by Crippen LogP contribution is -2.73. The van der Waals surface area contributed by atoms with Crippen molar-refractivity contribution in [1.82, 2.24) is 29.7 Å². The topological polar surface area (TPSA) is 185 Å². The van der Waals surface area contributed by atoms with Crippen LogP contribution in [-0.4, -0.2) is 110 Å². The Hall–Kier alpha value is -6.80. The number of carbonyl (C=O) groups excluding carboxylic acids is 5. The number of benzene rings is 3. The normalized spacial score (nSPS) is 20.7. The fourth-order valence-corrected chi connectivity index (χ4v) is 11.5. The smallest absolute Gasteiger partial charge is 0.265 e. The number of aliphatic hydroxyl groups is 1. The maximum absolute atomic E-state index is 16.0. The first-order valence-electron chi connectivity index (χ1n) is 23.2. The maximum Gasteiger partial charge on any atom is 0.265 e. The van der Waals surface area contributed by atoms with Crippen molar-refractivity contribution in [2.45, 2.75) is 82.1 Å². The zero-order valence-electron chi connectivity index (χ0n) is 37.4. The number of fused-ring (bicyclic) bond motifs is 2. The summed E-state index contributed by atoms with van der Waals surface area (Å²) in [6.45, 7) is 3.85. The number of hydrogen-bond acceptors (Lipinski definition) is 12. The molecule has 4 fully saturated rings. The van der Waals surface area contributed by atoms with Crippen LogP contribution >= 0.6 is 11.3 Å². The second-order valence-corrected chi connectivity index (χ2v) is 20.2. The molecule has 6 aliphatic rings. The number of imidazole rings is 1. The fraction of sp³-hybridized carbons (Fsp3) is 0.408. The summed E-state index contributed by atoms with van der Waals surface area (Å²) in [7, 11) is 0. The summed E-state index contributed by atoms with van der Waals surface area (Å²) in [5.41, 5.74) is 3.18. The zero-order chi connectivity index (χ0) is 47.8. The van der Waals surface area contributed by atoms with E-state index in [1.54, 1.807) is 45.9 Å². The third kappa shape index (κ3) is 8.36. The number of aromatic nitrogens is 3. The van der Waals surface area contributed by atoms with Gasteiger partial charge >= 0.3 is 0 Å². The number of imide groups is 1. The Morgan fingerprint density at radius 3 is 2.43 bits per heavy atom. The van der Waals surface area contributed by atoms with Crippen molar-refractivity contribution in [2.75, 3.05) is 59.7 Å². The summed E-state index contributed by atoms with van der Waals surface area (Å²) < 4.78 is 46.6. The van der Waals surface area contributed by atoms with Gasteiger partial charge < -0.3 is 34.6 Å². The summed E-state index contributed by atoms with van der Waals surface area (Å²) >= 11 is 1.26. The van der Waals surface area contributed by atoms with Crippen LogP contribution in [0.5, 0.6) is 0 Å². The predicted molar refractivity (Wildman–Crippen MR) is 249 cm³/mol. The van der Waals surface area contributed by atoms with Crippen LogP contribution in [0.4, 0.5) is 35.4 Å². The number of anilines is 4. The van der Waals surface area contributed by atoms with E-state index in [1.165, 1.54) is 28.4 Å². The molecular formula is C49H49F3N10O6S. The second-order valence-electron chi connectivity index (χ2n) is 19.3. The van der Waals surface area contributed by atoms with Gasteiger partial charge in [-0.15, -0.1) is 11.3 Å². The van der Waals surface area contributed by atoms with Crippen molar-refractivity contribution in [3.05, 3.63) is 106 Å². The minimum atomic E-state index is -2.79.